The summed E-state index contributed by atoms with van der Waals surface area (Å²) in [4.78, 5) is 0. The van der Waals surface area contributed by atoms with Gasteiger partial charge in [-0.1, -0.05) is 121 Å². The van der Waals surface area contributed by atoms with Gasteiger partial charge in [-0.25, -0.2) is 0 Å². The van der Waals surface area contributed by atoms with Gasteiger partial charge in [0.15, 0.2) is 0 Å². The van der Waals surface area contributed by atoms with E-state index in [-0.39, 0.29) is 5.92 Å². The Morgan fingerprint density at radius 1 is 0.435 bits per heavy atom. The Bertz CT molecular complexity index is 2630. The summed E-state index contributed by atoms with van der Waals surface area (Å²) in [7, 11) is 0. The molecule has 0 N–H and O–H groups in total. The summed E-state index contributed by atoms with van der Waals surface area (Å²) < 4.78 is 4.92. The zero-order valence-corrected chi connectivity index (χ0v) is 25.5. The van der Waals surface area contributed by atoms with Crippen LogP contribution in [0.2, 0.25) is 0 Å². The summed E-state index contributed by atoms with van der Waals surface area (Å²) in [5, 5.41) is 5.10. The Kier molecular flexibility index (Phi) is 5.30. The van der Waals surface area contributed by atoms with Gasteiger partial charge in [0, 0.05) is 38.8 Å². The van der Waals surface area contributed by atoms with Crippen molar-refractivity contribution in [3.63, 3.8) is 0 Å². The van der Waals surface area contributed by atoms with Gasteiger partial charge in [-0.2, -0.15) is 0 Å². The molecule has 0 amide bonds. The topological polar surface area (TPSA) is 9.86 Å². The summed E-state index contributed by atoms with van der Waals surface area (Å²) in [6.07, 6.45) is 0. The van der Waals surface area contributed by atoms with E-state index in [1.165, 1.54) is 88.4 Å². The van der Waals surface area contributed by atoms with E-state index in [9.17, 15) is 0 Å². The van der Waals surface area contributed by atoms with Crippen LogP contribution in [0, 0.1) is 6.92 Å². The first-order valence-corrected chi connectivity index (χ1v) is 16.1. The van der Waals surface area contributed by atoms with E-state index in [0.717, 1.165) is 0 Å². The van der Waals surface area contributed by atoms with Crippen LogP contribution in [0.4, 0.5) is 0 Å². The van der Waals surface area contributed by atoms with E-state index >= 15 is 0 Å². The first kappa shape index (κ1) is 25.5. The van der Waals surface area contributed by atoms with Crippen LogP contribution in [0.1, 0.15) is 28.2 Å². The van der Waals surface area contributed by atoms with Crippen molar-refractivity contribution in [1.29, 1.82) is 0 Å². The number of nitrogens with zero attached hydrogens (tertiary/aromatic N) is 2. The maximum absolute atomic E-state index is 2.51. The molecule has 1 aliphatic rings. The number of hydrogen-bond donors (Lipinski definition) is 0. The largest absolute Gasteiger partial charge is 0.309 e. The van der Waals surface area contributed by atoms with Crippen molar-refractivity contribution >= 4 is 43.6 Å². The second-order valence-corrected chi connectivity index (χ2v) is 12.6. The number of aromatic nitrogens is 2. The Hall–Kier alpha value is -5.86. The van der Waals surface area contributed by atoms with Gasteiger partial charge < -0.3 is 9.13 Å². The third-order valence-electron chi connectivity index (χ3n) is 10.1. The molecule has 0 saturated heterocycles. The SMILES string of the molecule is Cc1ccc(C2c3ccccc3-c3cc(-n4c5ccccc5c5ccc6c(c7ccccc7n6-c6ccccc6)c54)ccc32)cc1. The fraction of sp³-hybridized carbons (Fsp3) is 0.0455. The molecule has 2 aromatic heterocycles. The molecule has 0 fully saturated rings. The molecule has 0 aliphatic heterocycles. The third kappa shape index (κ3) is 3.47. The van der Waals surface area contributed by atoms with Gasteiger partial charge in [0.1, 0.15) is 0 Å². The normalized spacial score (nSPS) is 14.0. The van der Waals surface area contributed by atoms with Crippen LogP contribution in [0.3, 0.4) is 0 Å². The van der Waals surface area contributed by atoms with Gasteiger partial charge >= 0.3 is 0 Å². The Morgan fingerprint density at radius 2 is 1.11 bits per heavy atom. The van der Waals surface area contributed by atoms with Crippen molar-refractivity contribution in [1.82, 2.24) is 9.13 Å². The maximum atomic E-state index is 2.51. The second-order valence-electron chi connectivity index (χ2n) is 12.6. The van der Waals surface area contributed by atoms with Crippen LogP contribution in [0.15, 0.2) is 158 Å². The highest BCUT2D eigenvalue weighted by atomic mass is 15.0. The van der Waals surface area contributed by atoms with E-state index in [1.807, 2.05) is 0 Å². The molecule has 1 unspecified atom stereocenters. The summed E-state index contributed by atoms with van der Waals surface area (Å²) in [6.45, 7) is 2.16. The van der Waals surface area contributed by atoms with Crippen LogP contribution in [0.5, 0.6) is 0 Å². The van der Waals surface area contributed by atoms with E-state index < -0.39 is 0 Å². The second kappa shape index (κ2) is 9.57. The molecule has 1 atom stereocenters. The standard InChI is InChI=1S/C44H30N2/c1-28-19-21-29(22-20-28)42-34-15-6-5-13-32(34)38-27-31(23-24-35(38)42)46-39-17-9-7-14-33(39)36-25-26-41-43(44(36)46)37-16-8-10-18-40(37)45(41)30-11-3-2-4-12-30/h2-27,42H,1H3. The monoisotopic (exact) mass is 586 g/mol. The highest BCUT2D eigenvalue weighted by molar-refractivity contribution is 6.26. The molecule has 2 nitrogen and oxygen atoms in total. The Labute approximate surface area is 267 Å². The lowest BCUT2D eigenvalue weighted by Crippen LogP contribution is -2.00. The fourth-order valence-electron chi connectivity index (χ4n) is 8.08. The van der Waals surface area contributed by atoms with Gasteiger partial charge in [0.25, 0.3) is 0 Å². The number of hydrogen-bond acceptors (Lipinski definition) is 0. The molecule has 1 aliphatic carbocycles. The fourth-order valence-corrected chi connectivity index (χ4v) is 8.08. The molecular formula is C44H30N2. The molecule has 9 aromatic rings. The maximum Gasteiger partial charge on any atom is 0.0641 e. The molecule has 46 heavy (non-hydrogen) atoms. The average Bonchev–Trinajstić information content (AvgIpc) is 3.74. The number of para-hydroxylation sites is 3. The minimum absolute atomic E-state index is 0.231. The predicted octanol–water partition coefficient (Wildman–Crippen LogP) is 11.3. The summed E-state index contributed by atoms with van der Waals surface area (Å²) in [6, 6.07) is 58.3. The summed E-state index contributed by atoms with van der Waals surface area (Å²) in [5.41, 5.74) is 15.3. The van der Waals surface area contributed by atoms with Crippen LogP contribution < -0.4 is 0 Å². The van der Waals surface area contributed by atoms with Crippen LogP contribution >= 0.6 is 0 Å². The van der Waals surface area contributed by atoms with Crippen molar-refractivity contribution < 1.29 is 0 Å². The van der Waals surface area contributed by atoms with Gasteiger partial charge in [0.2, 0.25) is 0 Å². The van der Waals surface area contributed by atoms with Crippen LogP contribution in [-0.4, -0.2) is 9.13 Å². The summed E-state index contributed by atoms with van der Waals surface area (Å²) >= 11 is 0. The van der Waals surface area contributed by atoms with Crippen molar-refractivity contribution in [2.75, 3.05) is 0 Å². The van der Waals surface area contributed by atoms with Crippen molar-refractivity contribution in [2.45, 2.75) is 12.8 Å². The van der Waals surface area contributed by atoms with Crippen molar-refractivity contribution in [3.8, 4) is 22.5 Å². The molecule has 0 bridgehead atoms. The van der Waals surface area contributed by atoms with E-state index in [1.54, 1.807) is 0 Å². The lowest BCUT2D eigenvalue weighted by molar-refractivity contribution is 1.01. The molecule has 2 heterocycles. The molecule has 10 rings (SSSR count). The van der Waals surface area contributed by atoms with Gasteiger partial charge in [-0.3, -0.25) is 0 Å². The molecule has 0 spiro atoms. The number of aryl methyl sites for hydroxylation is 1. The summed E-state index contributed by atoms with van der Waals surface area (Å²) in [5.74, 6) is 0.231. The van der Waals surface area contributed by atoms with Crippen LogP contribution in [0.25, 0.3) is 66.1 Å². The Morgan fingerprint density at radius 3 is 1.93 bits per heavy atom. The number of benzene rings is 7. The average molecular weight is 587 g/mol. The van der Waals surface area contributed by atoms with Gasteiger partial charge in [0.05, 0.1) is 22.1 Å². The van der Waals surface area contributed by atoms with E-state index in [0.29, 0.717) is 0 Å². The zero-order valence-electron chi connectivity index (χ0n) is 25.5. The first-order valence-electron chi connectivity index (χ1n) is 16.1. The molecular weight excluding hydrogens is 556 g/mol. The minimum Gasteiger partial charge on any atom is -0.309 e. The number of rotatable bonds is 3. The van der Waals surface area contributed by atoms with Gasteiger partial charge in [-0.05, 0) is 77.2 Å². The molecule has 2 heteroatoms. The quantitative estimate of drug-likeness (QED) is 0.195. The first-order chi connectivity index (χ1) is 22.8. The van der Waals surface area contributed by atoms with Crippen LogP contribution in [-0.2, 0) is 0 Å². The third-order valence-corrected chi connectivity index (χ3v) is 10.1. The minimum atomic E-state index is 0.231. The lowest BCUT2D eigenvalue weighted by atomic mass is 9.89. The highest BCUT2D eigenvalue weighted by Crippen LogP contribution is 2.49. The lowest BCUT2D eigenvalue weighted by Gasteiger charge is -2.16. The molecule has 216 valence electrons. The predicted molar refractivity (Wildman–Crippen MR) is 193 cm³/mol. The molecule has 0 radical (unpaired) electrons. The number of fused-ring (bicyclic) bond motifs is 10. The highest BCUT2D eigenvalue weighted by Gasteiger charge is 2.30. The van der Waals surface area contributed by atoms with E-state index in [2.05, 4.69) is 174 Å². The zero-order chi connectivity index (χ0) is 30.4. The Balaban J connectivity index is 1.30. The molecule has 0 saturated carbocycles. The van der Waals surface area contributed by atoms with Crippen molar-refractivity contribution in [2.24, 2.45) is 0 Å². The molecule has 7 aromatic carbocycles. The van der Waals surface area contributed by atoms with Crippen molar-refractivity contribution in [3.05, 3.63) is 180 Å². The van der Waals surface area contributed by atoms with Gasteiger partial charge in [-0.15, -0.1) is 0 Å². The smallest absolute Gasteiger partial charge is 0.0641 e. The van der Waals surface area contributed by atoms with E-state index in [4.69, 9.17) is 0 Å².